The first kappa shape index (κ1) is 14.8. The van der Waals surface area contributed by atoms with Crippen molar-refractivity contribution in [2.45, 2.75) is 0 Å². The van der Waals surface area contributed by atoms with E-state index < -0.39 is 0 Å². The SMILES string of the molecule is N#CC(C#N)=c1ccc2cc3cc(=C(C#N)C#N)ccc3cc2c1. The van der Waals surface area contributed by atoms with Crippen molar-refractivity contribution in [3.05, 3.63) is 59.0 Å². The van der Waals surface area contributed by atoms with E-state index in [1.165, 1.54) is 0 Å². The lowest BCUT2D eigenvalue weighted by Crippen LogP contribution is -2.04. The van der Waals surface area contributed by atoms with Crippen LogP contribution in [0.4, 0.5) is 0 Å². The second-order valence-electron chi connectivity index (χ2n) is 5.17. The maximum atomic E-state index is 8.99. The van der Waals surface area contributed by atoms with Gasteiger partial charge in [-0.3, -0.25) is 0 Å². The highest BCUT2D eigenvalue weighted by atomic mass is 14.3. The third-order valence-electron chi connectivity index (χ3n) is 3.82. The summed E-state index contributed by atoms with van der Waals surface area (Å²) in [4.78, 5) is 0. The average Bonchev–Trinajstić information content (AvgIpc) is 2.62. The number of rotatable bonds is 0. The van der Waals surface area contributed by atoms with Crippen LogP contribution in [-0.2, 0) is 0 Å². The Morgan fingerprint density at radius 3 is 1.21 bits per heavy atom. The van der Waals surface area contributed by atoms with Gasteiger partial charge < -0.3 is 0 Å². The standard InChI is InChI=1S/C20H8N4/c21-9-19(10-22)15-3-1-13-5-18-8-16(20(11-23)12-24)4-2-14(18)6-17(13)7-15/h1-8H. The van der Waals surface area contributed by atoms with Crippen molar-refractivity contribution >= 4 is 32.7 Å². The molecule has 108 valence electrons. The molecule has 0 saturated heterocycles. The minimum atomic E-state index is 0.0784. The van der Waals surface area contributed by atoms with E-state index in [1.54, 1.807) is 12.1 Å². The largest absolute Gasteiger partial charge is 0.192 e. The van der Waals surface area contributed by atoms with Crippen LogP contribution < -0.4 is 10.4 Å². The quantitative estimate of drug-likeness (QED) is 0.596. The van der Waals surface area contributed by atoms with E-state index in [-0.39, 0.29) is 11.1 Å². The highest BCUT2D eigenvalue weighted by Crippen LogP contribution is 2.20. The number of fused-ring (bicyclic) bond motifs is 2. The molecule has 4 heteroatoms. The van der Waals surface area contributed by atoms with Gasteiger partial charge in [0.15, 0.2) is 0 Å². The summed E-state index contributed by atoms with van der Waals surface area (Å²) >= 11 is 0. The molecule has 0 aliphatic heterocycles. The van der Waals surface area contributed by atoms with Crippen LogP contribution >= 0.6 is 0 Å². The highest BCUT2D eigenvalue weighted by molar-refractivity contribution is 5.98. The molecule has 0 bridgehead atoms. The second-order valence-corrected chi connectivity index (χ2v) is 5.17. The normalized spacial score (nSPS) is 9.50. The number of hydrogen-bond acceptors (Lipinski definition) is 4. The first-order chi connectivity index (χ1) is 11.7. The Morgan fingerprint density at radius 1 is 0.500 bits per heavy atom. The zero-order valence-electron chi connectivity index (χ0n) is 12.4. The average molecular weight is 304 g/mol. The van der Waals surface area contributed by atoms with Crippen LogP contribution in [0.15, 0.2) is 48.5 Å². The summed E-state index contributed by atoms with van der Waals surface area (Å²) in [5.41, 5.74) is 0.157. The minimum Gasteiger partial charge on any atom is -0.192 e. The molecule has 0 heterocycles. The highest BCUT2D eigenvalue weighted by Gasteiger charge is 2.02. The molecule has 0 fully saturated rings. The van der Waals surface area contributed by atoms with E-state index in [2.05, 4.69) is 0 Å². The van der Waals surface area contributed by atoms with Crippen molar-refractivity contribution in [1.29, 1.82) is 21.0 Å². The third kappa shape index (κ3) is 2.42. The maximum absolute atomic E-state index is 8.99. The predicted molar refractivity (Wildman–Crippen MR) is 90.0 cm³/mol. The van der Waals surface area contributed by atoms with Crippen LogP contribution in [0.3, 0.4) is 0 Å². The molecule has 0 aromatic heterocycles. The molecule has 3 rings (SSSR count). The van der Waals surface area contributed by atoms with E-state index in [4.69, 9.17) is 21.0 Å². The lowest BCUT2D eigenvalue weighted by atomic mass is 10.0. The van der Waals surface area contributed by atoms with Gasteiger partial charge in [0.05, 0.1) is 0 Å². The molecular formula is C20H8N4. The molecule has 0 saturated carbocycles. The molecule has 3 aromatic rings. The molecule has 0 amide bonds. The fourth-order valence-corrected chi connectivity index (χ4v) is 2.62. The summed E-state index contributed by atoms with van der Waals surface area (Å²) in [6.07, 6.45) is 0. The van der Waals surface area contributed by atoms with Gasteiger partial charge in [-0.15, -0.1) is 0 Å². The second kappa shape index (κ2) is 5.94. The molecule has 24 heavy (non-hydrogen) atoms. The van der Waals surface area contributed by atoms with Crippen LogP contribution in [0, 0.1) is 45.3 Å². The molecule has 0 aliphatic carbocycles. The van der Waals surface area contributed by atoms with Crippen molar-refractivity contribution < 1.29 is 0 Å². The van der Waals surface area contributed by atoms with Gasteiger partial charge in [-0.1, -0.05) is 24.3 Å². The summed E-state index contributed by atoms with van der Waals surface area (Å²) in [5.74, 6) is 0. The minimum absolute atomic E-state index is 0.0784. The first-order valence-corrected chi connectivity index (χ1v) is 7.03. The summed E-state index contributed by atoms with van der Waals surface area (Å²) in [6, 6.07) is 22.3. The molecule has 0 radical (unpaired) electrons. The van der Waals surface area contributed by atoms with E-state index in [1.807, 2.05) is 60.7 Å². The fourth-order valence-electron chi connectivity index (χ4n) is 2.62. The summed E-state index contributed by atoms with van der Waals surface area (Å²) < 4.78 is 0. The van der Waals surface area contributed by atoms with Crippen molar-refractivity contribution in [3.8, 4) is 24.3 Å². The van der Waals surface area contributed by atoms with Crippen molar-refractivity contribution in [2.75, 3.05) is 0 Å². The predicted octanol–water partition coefficient (Wildman–Crippen LogP) is 2.39. The number of hydrogen-bond donors (Lipinski definition) is 0. The van der Waals surface area contributed by atoms with E-state index >= 15 is 0 Å². The van der Waals surface area contributed by atoms with Gasteiger partial charge in [0.2, 0.25) is 0 Å². The Hall–Kier alpha value is -4.12. The molecule has 0 aliphatic rings. The van der Waals surface area contributed by atoms with Gasteiger partial charge >= 0.3 is 0 Å². The van der Waals surface area contributed by atoms with E-state index in [0.29, 0.717) is 10.4 Å². The van der Waals surface area contributed by atoms with Crippen LogP contribution in [0.25, 0.3) is 32.7 Å². The maximum Gasteiger partial charge on any atom is 0.136 e. The van der Waals surface area contributed by atoms with E-state index in [0.717, 1.165) is 21.5 Å². The Kier molecular flexibility index (Phi) is 3.66. The topological polar surface area (TPSA) is 95.2 Å². The summed E-state index contributed by atoms with van der Waals surface area (Å²) in [7, 11) is 0. The Morgan fingerprint density at radius 2 is 0.875 bits per heavy atom. The lowest BCUT2D eigenvalue weighted by molar-refractivity contribution is 1.49. The fraction of sp³-hybridized carbons (Fsp3) is 0. The van der Waals surface area contributed by atoms with Gasteiger partial charge in [0, 0.05) is 10.4 Å². The molecule has 0 unspecified atom stereocenters. The van der Waals surface area contributed by atoms with Crippen LogP contribution in [0.5, 0.6) is 0 Å². The molecule has 0 N–H and O–H groups in total. The number of nitriles is 4. The van der Waals surface area contributed by atoms with Crippen LogP contribution in [0.2, 0.25) is 0 Å². The molecule has 0 spiro atoms. The third-order valence-corrected chi connectivity index (χ3v) is 3.82. The Bertz CT molecular complexity index is 1150. The molecule has 0 atom stereocenters. The van der Waals surface area contributed by atoms with Crippen molar-refractivity contribution in [3.63, 3.8) is 0 Å². The Balaban J connectivity index is 2.37. The van der Waals surface area contributed by atoms with Crippen LogP contribution in [0.1, 0.15) is 0 Å². The molecule has 4 nitrogen and oxygen atoms in total. The first-order valence-electron chi connectivity index (χ1n) is 7.03. The van der Waals surface area contributed by atoms with E-state index in [9.17, 15) is 0 Å². The smallest absolute Gasteiger partial charge is 0.136 e. The van der Waals surface area contributed by atoms with Crippen LogP contribution in [-0.4, -0.2) is 0 Å². The lowest BCUT2D eigenvalue weighted by Gasteiger charge is -2.03. The number of nitrogens with zero attached hydrogens (tertiary/aromatic N) is 4. The zero-order valence-corrected chi connectivity index (χ0v) is 12.4. The van der Waals surface area contributed by atoms with Crippen molar-refractivity contribution in [2.24, 2.45) is 0 Å². The van der Waals surface area contributed by atoms with Crippen molar-refractivity contribution in [1.82, 2.24) is 0 Å². The van der Waals surface area contributed by atoms with Gasteiger partial charge in [0.1, 0.15) is 35.4 Å². The number of benzene rings is 3. The summed E-state index contributed by atoms with van der Waals surface area (Å²) in [6.45, 7) is 0. The van der Waals surface area contributed by atoms with Gasteiger partial charge in [-0.05, 0) is 45.8 Å². The van der Waals surface area contributed by atoms with Gasteiger partial charge in [0.25, 0.3) is 0 Å². The van der Waals surface area contributed by atoms with Gasteiger partial charge in [-0.25, -0.2) is 0 Å². The monoisotopic (exact) mass is 304 g/mol. The Labute approximate surface area is 137 Å². The zero-order chi connectivity index (χ0) is 17.1. The molecular weight excluding hydrogens is 296 g/mol. The van der Waals surface area contributed by atoms with Gasteiger partial charge in [-0.2, -0.15) is 21.0 Å². The molecule has 3 aromatic carbocycles. The summed E-state index contributed by atoms with van der Waals surface area (Å²) in [5, 5.41) is 40.9.